The Morgan fingerprint density at radius 2 is 1.88 bits per heavy atom. The lowest BCUT2D eigenvalue weighted by Crippen LogP contribution is -2.37. The number of hydrogen-bond acceptors (Lipinski definition) is 6. The molecule has 0 saturated heterocycles. The number of rotatable bonds is 9. The summed E-state index contributed by atoms with van der Waals surface area (Å²) < 4.78 is 3.77. The van der Waals surface area contributed by atoms with Crippen LogP contribution < -0.4 is 5.69 Å². The van der Waals surface area contributed by atoms with Gasteiger partial charge in [-0.05, 0) is 73.1 Å². The fraction of sp³-hybridized carbons (Fsp3) is 0.484. The normalized spacial score (nSPS) is 19.7. The van der Waals surface area contributed by atoms with E-state index in [-0.39, 0.29) is 29.4 Å². The first kappa shape index (κ1) is 27.7. The number of aromatic amines is 1. The largest absolute Gasteiger partial charge is 0.328 e. The number of benzene rings is 1. The molecule has 4 aromatic rings. The Kier molecular flexibility index (Phi) is 8.67. The van der Waals surface area contributed by atoms with Crippen LogP contribution >= 0.6 is 0 Å². The summed E-state index contributed by atoms with van der Waals surface area (Å²) in [6.45, 7) is 6.44. The number of Topliss-reactive ketones (excluding diaryl/α,β-unsaturated/α-hetero) is 1. The van der Waals surface area contributed by atoms with Gasteiger partial charge in [-0.3, -0.25) is 18.9 Å². The fourth-order valence-corrected chi connectivity index (χ4v) is 6.17. The van der Waals surface area contributed by atoms with Gasteiger partial charge in [-0.2, -0.15) is 5.21 Å². The third kappa shape index (κ3) is 5.98. The molecule has 1 aromatic carbocycles. The number of carbonyl (C=O) groups excluding carboxylic acids is 1. The molecule has 1 saturated carbocycles. The van der Waals surface area contributed by atoms with E-state index in [9.17, 15) is 9.59 Å². The van der Waals surface area contributed by atoms with E-state index >= 15 is 0 Å². The summed E-state index contributed by atoms with van der Waals surface area (Å²) >= 11 is 0. The van der Waals surface area contributed by atoms with Crippen molar-refractivity contribution in [3.05, 3.63) is 70.7 Å². The number of unbranched alkanes of at least 4 members (excludes halogenated alkanes) is 1. The lowest BCUT2D eigenvalue weighted by Gasteiger charge is -2.33. The highest BCUT2D eigenvalue weighted by molar-refractivity contribution is 5.78. The van der Waals surface area contributed by atoms with Crippen molar-refractivity contribution in [2.45, 2.75) is 84.7 Å². The average Bonchev–Trinajstić information content (AvgIpc) is 3.59. The summed E-state index contributed by atoms with van der Waals surface area (Å²) in [7, 11) is 0. The average molecular weight is 542 g/mol. The molecule has 1 fully saturated rings. The Hall–Kier alpha value is -3.88. The van der Waals surface area contributed by atoms with Crippen LogP contribution in [-0.4, -0.2) is 40.5 Å². The highest BCUT2D eigenvalue weighted by Gasteiger charge is 2.34. The van der Waals surface area contributed by atoms with Gasteiger partial charge in [0.05, 0.1) is 18.3 Å². The third-order valence-electron chi connectivity index (χ3n) is 8.32. The molecule has 0 radical (unpaired) electrons. The van der Waals surface area contributed by atoms with Gasteiger partial charge in [0, 0.05) is 29.6 Å². The van der Waals surface area contributed by atoms with E-state index in [4.69, 9.17) is 0 Å². The highest BCUT2D eigenvalue weighted by Crippen LogP contribution is 2.36. The van der Waals surface area contributed by atoms with Gasteiger partial charge in [-0.15, -0.1) is 10.2 Å². The molecule has 0 amide bonds. The zero-order valence-corrected chi connectivity index (χ0v) is 23.7. The number of nitrogens with one attached hydrogen (secondary N) is 1. The molecular weight excluding hydrogens is 502 g/mol. The number of aromatic nitrogens is 7. The molecule has 40 heavy (non-hydrogen) atoms. The molecule has 9 heteroatoms. The number of nitrogens with zero attached hydrogens (tertiary/aromatic N) is 6. The third-order valence-corrected chi connectivity index (χ3v) is 8.32. The molecule has 0 spiro atoms. The van der Waals surface area contributed by atoms with Crippen LogP contribution in [0.15, 0.2) is 53.6 Å². The standard InChI is InChI=1S/C31H39N7O2/c1-4-5-13-27-20-38(29-21(2)10-7-6-8-14-28(29)22(3)39)31(40)37(27)19-26-18-24(15-16-32-26)23-11-9-12-25(17-23)30-33-35-36-34-30/h9,11-12,15-18,20-21,28-29H,4-8,10,13-14,19H2,1-3H3,(H,33,34,35,36). The van der Waals surface area contributed by atoms with Gasteiger partial charge in [0.25, 0.3) is 0 Å². The minimum Gasteiger partial charge on any atom is -0.300 e. The van der Waals surface area contributed by atoms with Crippen LogP contribution in [0.4, 0.5) is 0 Å². The lowest BCUT2D eigenvalue weighted by atomic mass is 9.78. The molecule has 0 aliphatic heterocycles. The van der Waals surface area contributed by atoms with Crippen molar-refractivity contribution in [2.24, 2.45) is 11.8 Å². The van der Waals surface area contributed by atoms with Gasteiger partial charge >= 0.3 is 5.69 Å². The molecular formula is C31H39N7O2. The zero-order chi connectivity index (χ0) is 28.1. The lowest BCUT2D eigenvalue weighted by molar-refractivity contribution is -0.123. The number of ketones is 1. The van der Waals surface area contributed by atoms with Crippen LogP contribution in [0, 0.1) is 11.8 Å². The highest BCUT2D eigenvalue weighted by atomic mass is 16.2. The molecule has 1 aliphatic carbocycles. The molecule has 5 rings (SSSR count). The van der Waals surface area contributed by atoms with Gasteiger partial charge in [0.1, 0.15) is 5.78 Å². The quantitative estimate of drug-likeness (QED) is 0.294. The minimum atomic E-state index is -0.129. The topological polar surface area (TPSA) is 111 Å². The molecule has 3 aromatic heterocycles. The van der Waals surface area contributed by atoms with Crippen molar-refractivity contribution in [1.29, 1.82) is 0 Å². The Labute approximate surface area is 235 Å². The van der Waals surface area contributed by atoms with E-state index in [1.165, 1.54) is 0 Å². The molecule has 1 aliphatic rings. The molecule has 3 unspecified atom stereocenters. The van der Waals surface area contributed by atoms with Crippen molar-refractivity contribution < 1.29 is 4.79 Å². The summed E-state index contributed by atoms with van der Waals surface area (Å²) in [6, 6.07) is 11.9. The van der Waals surface area contributed by atoms with E-state index in [1.54, 1.807) is 13.1 Å². The molecule has 3 heterocycles. The van der Waals surface area contributed by atoms with Crippen molar-refractivity contribution in [3.63, 3.8) is 0 Å². The predicted octanol–water partition coefficient (Wildman–Crippen LogP) is 5.63. The van der Waals surface area contributed by atoms with Crippen LogP contribution in [0.25, 0.3) is 22.5 Å². The Balaban J connectivity index is 1.50. The van der Waals surface area contributed by atoms with Crippen LogP contribution in [0.5, 0.6) is 0 Å². The fourth-order valence-electron chi connectivity index (χ4n) is 6.17. The van der Waals surface area contributed by atoms with E-state index in [1.807, 2.05) is 51.7 Å². The van der Waals surface area contributed by atoms with Crippen LogP contribution in [0.2, 0.25) is 0 Å². The van der Waals surface area contributed by atoms with E-state index in [2.05, 4.69) is 39.5 Å². The van der Waals surface area contributed by atoms with E-state index in [0.717, 1.165) is 79.4 Å². The number of H-pyrrole nitrogens is 1. The minimum absolute atomic E-state index is 0.0407. The van der Waals surface area contributed by atoms with E-state index < -0.39 is 0 Å². The molecule has 3 atom stereocenters. The summed E-state index contributed by atoms with van der Waals surface area (Å²) in [5.41, 5.74) is 4.66. The second-order valence-electron chi connectivity index (χ2n) is 11.2. The maximum atomic E-state index is 14.1. The van der Waals surface area contributed by atoms with Crippen molar-refractivity contribution in [1.82, 2.24) is 34.7 Å². The van der Waals surface area contributed by atoms with Crippen LogP contribution in [-0.2, 0) is 17.8 Å². The summed E-state index contributed by atoms with van der Waals surface area (Å²) in [5, 5.41) is 14.3. The Bertz CT molecular complexity index is 1490. The van der Waals surface area contributed by atoms with Crippen LogP contribution in [0.3, 0.4) is 0 Å². The number of imidazole rings is 1. The number of carbonyl (C=O) groups is 1. The predicted molar refractivity (Wildman–Crippen MR) is 155 cm³/mol. The van der Waals surface area contributed by atoms with Crippen molar-refractivity contribution in [2.75, 3.05) is 0 Å². The Morgan fingerprint density at radius 3 is 2.65 bits per heavy atom. The first-order chi connectivity index (χ1) is 19.5. The van der Waals surface area contributed by atoms with Gasteiger partial charge < -0.3 is 0 Å². The first-order valence-corrected chi connectivity index (χ1v) is 14.6. The number of aryl methyl sites for hydroxylation is 1. The molecule has 1 N–H and O–H groups in total. The summed E-state index contributed by atoms with van der Waals surface area (Å²) in [4.78, 5) is 31.5. The second-order valence-corrected chi connectivity index (χ2v) is 11.2. The summed E-state index contributed by atoms with van der Waals surface area (Å²) in [5.74, 6) is 0.855. The summed E-state index contributed by atoms with van der Waals surface area (Å²) in [6.07, 6.45) is 11.9. The number of tetrazole rings is 1. The van der Waals surface area contributed by atoms with Gasteiger partial charge in [-0.25, -0.2) is 4.79 Å². The maximum absolute atomic E-state index is 14.1. The van der Waals surface area contributed by atoms with Gasteiger partial charge in [0.2, 0.25) is 5.82 Å². The number of pyridine rings is 1. The zero-order valence-electron chi connectivity index (χ0n) is 23.7. The van der Waals surface area contributed by atoms with Crippen LogP contribution in [0.1, 0.15) is 83.1 Å². The first-order valence-electron chi connectivity index (χ1n) is 14.6. The van der Waals surface area contributed by atoms with E-state index in [0.29, 0.717) is 12.4 Å². The second kappa shape index (κ2) is 12.5. The maximum Gasteiger partial charge on any atom is 0.328 e. The van der Waals surface area contributed by atoms with Gasteiger partial charge in [0.15, 0.2) is 0 Å². The Morgan fingerprint density at radius 1 is 1.07 bits per heavy atom. The smallest absolute Gasteiger partial charge is 0.300 e. The van der Waals surface area contributed by atoms with Crippen molar-refractivity contribution >= 4 is 5.78 Å². The number of hydrogen-bond donors (Lipinski definition) is 1. The SMILES string of the molecule is CCCCc1cn(C2C(C)CCCCCC2C(C)=O)c(=O)n1Cc1cc(-c2cccc(-c3nn[nH]n3)c2)ccn1. The molecule has 0 bridgehead atoms. The van der Waals surface area contributed by atoms with Gasteiger partial charge in [-0.1, -0.05) is 57.7 Å². The van der Waals surface area contributed by atoms with Crippen molar-refractivity contribution in [3.8, 4) is 22.5 Å². The molecule has 9 nitrogen and oxygen atoms in total. The monoisotopic (exact) mass is 541 g/mol. The molecule has 210 valence electrons.